The normalized spacial score (nSPS) is 10.2. The van der Waals surface area contributed by atoms with Crippen LogP contribution in [0.5, 0.6) is 5.75 Å². The summed E-state index contributed by atoms with van der Waals surface area (Å²) in [6.45, 7) is 7.40. The van der Waals surface area contributed by atoms with Crippen LogP contribution in [0.4, 0.5) is 0 Å². The van der Waals surface area contributed by atoms with E-state index in [2.05, 4.69) is 24.4 Å². The van der Waals surface area contributed by atoms with Crippen molar-refractivity contribution in [3.05, 3.63) is 28.8 Å². The molecule has 0 radical (unpaired) electrons. The van der Waals surface area contributed by atoms with Gasteiger partial charge in [0.25, 0.3) is 0 Å². The van der Waals surface area contributed by atoms with Gasteiger partial charge in [-0.2, -0.15) is 0 Å². The molecule has 0 bridgehead atoms. The maximum absolute atomic E-state index is 10.9. The van der Waals surface area contributed by atoms with Gasteiger partial charge < -0.3 is 15.8 Å². The third kappa shape index (κ3) is 4.37. The molecule has 0 saturated carbocycles. The molecule has 1 aromatic carbocycles. The Morgan fingerprint density at radius 2 is 1.89 bits per heavy atom. The quantitative estimate of drug-likeness (QED) is 0.751. The molecule has 0 aliphatic carbocycles. The summed E-state index contributed by atoms with van der Waals surface area (Å²) in [5, 5.41) is 2.71. The highest BCUT2D eigenvalue weighted by Gasteiger charge is 2.04. The first-order valence-electron chi connectivity index (χ1n) is 6.22. The van der Waals surface area contributed by atoms with Crippen LogP contribution in [0.1, 0.15) is 23.1 Å². The molecule has 0 aromatic heterocycles. The van der Waals surface area contributed by atoms with Crippen LogP contribution in [0.3, 0.4) is 0 Å². The summed E-state index contributed by atoms with van der Waals surface area (Å²) < 4.78 is 5.76. The van der Waals surface area contributed by atoms with Crippen LogP contribution >= 0.6 is 0 Å². The van der Waals surface area contributed by atoms with Gasteiger partial charge in [-0.3, -0.25) is 4.79 Å². The van der Waals surface area contributed by atoms with Crippen LogP contribution in [-0.2, 0) is 4.79 Å². The zero-order valence-electron chi connectivity index (χ0n) is 11.4. The Balaban J connectivity index is 2.38. The monoisotopic (exact) mass is 250 g/mol. The number of carbonyl (C=O) groups is 1. The minimum absolute atomic E-state index is 0.0387. The van der Waals surface area contributed by atoms with Crippen molar-refractivity contribution in [1.29, 1.82) is 0 Å². The van der Waals surface area contributed by atoms with Crippen LogP contribution in [0.25, 0.3) is 0 Å². The van der Waals surface area contributed by atoms with Gasteiger partial charge >= 0.3 is 0 Å². The van der Waals surface area contributed by atoms with Crippen molar-refractivity contribution in [2.75, 3.05) is 19.7 Å². The minimum Gasteiger partial charge on any atom is -0.493 e. The van der Waals surface area contributed by atoms with Gasteiger partial charge in [0.2, 0.25) is 5.91 Å². The number of rotatable bonds is 6. The van der Waals surface area contributed by atoms with Gasteiger partial charge in [-0.1, -0.05) is 17.7 Å². The molecule has 18 heavy (non-hydrogen) atoms. The van der Waals surface area contributed by atoms with Crippen molar-refractivity contribution in [2.45, 2.75) is 27.2 Å². The molecule has 1 aromatic rings. The third-order valence-electron chi connectivity index (χ3n) is 2.68. The molecule has 0 aliphatic heterocycles. The highest BCUT2D eigenvalue weighted by molar-refractivity contribution is 5.77. The molecule has 0 aliphatic rings. The Hall–Kier alpha value is -1.55. The summed E-state index contributed by atoms with van der Waals surface area (Å²) in [6.07, 6.45) is 0.776. The van der Waals surface area contributed by atoms with E-state index >= 15 is 0 Å². The van der Waals surface area contributed by atoms with Crippen LogP contribution in [0.2, 0.25) is 0 Å². The Labute approximate surface area is 109 Å². The Morgan fingerprint density at radius 3 is 2.44 bits per heavy atom. The average Bonchev–Trinajstić information content (AvgIpc) is 2.31. The number of hydrogen-bond donors (Lipinski definition) is 2. The van der Waals surface area contributed by atoms with Crippen LogP contribution in [0.15, 0.2) is 12.1 Å². The molecular formula is C14H22N2O2. The number of carbonyl (C=O) groups excluding carboxylic acids is 1. The first-order valence-corrected chi connectivity index (χ1v) is 6.22. The molecule has 0 saturated heterocycles. The number of ether oxygens (including phenoxy) is 1. The maximum Gasteiger partial charge on any atom is 0.233 e. The van der Waals surface area contributed by atoms with E-state index in [0.29, 0.717) is 13.2 Å². The molecule has 4 heteroatoms. The van der Waals surface area contributed by atoms with Crippen LogP contribution < -0.4 is 15.8 Å². The maximum atomic E-state index is 10.9. The second-order valence-corrected chi connectivity index (χ2v) is 4.48. The van der Waals surface area contributed by atoms with E-state index in [4.69, 9.17) is 10.5 Å². The van der Waals surface area contributed by atoms with Gasteiger partial charge in [-0.25, -0.2) is 0 Å². The summed E-state index contributed by atoms with van der Waals surface area (Å²) in [5.74, 6) is 0.823. The minimum atomic E-state index is -0.127. The molecule has 1 rings (SSSR count). The SMILES string of the molecule is Cc1cc(C)c(OCCCNC(=O)CN)c(C)c1. The van der Waals surface area contributed by atoms with Gasteiger partial charge in [0.1, 0.15) is 5.75 Å². The van der Waals surface area contributed by atoms with Crippen molar-refractivity contribution in [2.24, 2.45) is 5.73 Å². The van der Waals surface area contributed by atoms with E-state index in [0.717, 1.165) is 23.3 Å². The second-order valence-electron chi connectivity index (χ2n) is 4.48. The largest absolute Gasteiger partial charge is 0.493 e. The molecule has 4 nitrogen and oxygen atoms in total. The van der Waals surface area contributed by atoms with Gasteiger partial charge in [0.05, 0.1) is 13.2 Å². The summed E-state index contributed by atoms with van der Waals surface area (Å²) in [4.78, 5) is 10.9. The lowest BCUT2D eigenvalue weighted by atomic mass is 10.1. The second kappa shape index (κ2) is 7.01. The summed E-state index contributed by atoms with van der Waals surface area (Å²) in [7, 11) is 0. The molecule has 3 N–H and O–H groups in total. The average molecular weight is 250 g/mol. The summed E-state index contributed by atoms with van der Waals surface area (Å²) >= 11 is 0. The van der Waals surface area contributed by atoms with E-state index in [1.54, 1.807) is 0 Å². The van der Waals surface area contributed by atoms with Gasteiger partial charge in [-0.15, -0.1) is 0 Å². The highest BCUT2D eigenvalue weighted by atomic mass is 16.5. The molecule has 0 heterocycles. The molecular weight excluding hydrogens is 228 g/mol. The smallest absolute Gasteiger partial charge is 0.233 e. The fourth-order valence-corrected chi connectivity index (χ4v) is 1.94. The number of hydrogen-bond acceptors (Lipinski definition) is 3. The third-order valence-corrected chi connectivity index (χ3v) is 2.68. The Bertz CT molecular complexity index is 393. The molecule has 0 unspecified atom stereocenters. The zero-order chi connectivity index (χ0) is 13.5. The lowest BCUT2D eigenvalue weighted by molar-refractivity contribution is -0.119. The van der Waals surface area contributed by atoms with Crippen molar-refractivity contribution >= 4 is 5.91 Å². The van der Waals surface area contributed by atoms with Gasteiger partial charge in [0, 0.05) is 6.54 Å². The first-order chi connectivity index (χ1) is 8.54. The van der Waals surface area contributed by atoms with Crippen molar-refractivity contribution < 1.29 is 9.53 Å². The lowest BCUT2D eigenvalue weighted by Gasteiger charge is -2.13. The van der Waals surface area contributed by atoms with Gasteiger partial charge in [-0.05, 0) is 38.3 Å². The fourth-order valence-electron chi connectivity index (χ4n) is 1.94. The van der Waals surface area contributed by atoms with E-state index in [-0.39, 0.29) is 12.5 Å². The number of aryl methyl sites for hydroxylation is 3. The lowest BCUT2D eigenvalue weighted by Crippen LogP contribution is -2.31. The predicted octanol–water partition coefficient (Wildman–Crippen LogP) is 1.46. The van der Waals surface area contributed by atoms with Crippen molar-refractivity contribution in [3.63, 3.8) is 0 Å². The summed E-state index contributed by atoms with van der Waals surface area (Å²) in [5.41, 5.74) is 8.73. The van der Waals surface area contributed by atoms with E-state index in [1.807, 2.05) is 13.8 Å². The molecule has 0 atom stereocenters. The van der Waals surface area contributed by atoms with Crippen molar-refractivity contribution in [3.8, 4) is 5.75 Å². The van der Waals surface area contributed by atoms with E-state index < -0.39 is 0 Å². The topological polar surface area (TPSA) is 64.3 Å². The zero-order valence-corrected chi connectivity index (χ0v) is 11.4. The van der Waals surface area contributed by atoms with Crippen LogP contribution in [-0.4, -0.2) is 25.6 Å². The molecule has 0 spiro atoms. The molecule has 1 amide bonds. The van der Waals surface area contributed by atoms with Gasteiger partial charge in [0.15, 0.2) is 0 Å². The highest BCUT2D eigenvalue weighted by Crippen LogP contribution is 2.24. The van der Waals surface area contributed by atoms with E-state index in [1.165, 1.54) is 5.56 Å². The first kappa shape index (κ1) is 14.5. The summed E-state index contributed by atoms with van der Waals surface area (Å²) in [6, 6.07) is 4.22. The van der Waals surface area contributed by atoms with E-state index in [9.17, 15) is 4.79 Å². The predicted molar refractivity (Wildman–Crippen MR) is 72.8 cm³/mol. The van der Waals surface area contributed by atoms with Crippen molar-refractivity contribution in [1.82, 2.24) is 5.32 Å². The van der Waals surface area contributed by atoms with Crippen LogP contribution in [0, 0.1) is 20.8 Å². The number of nitrogens with one attached hydrogen (secondary N) is 1. The Morgan fingerprint density at radius 1 is 1.28 bits per heavy atom. The Kier molecular flexibility index (Phi) is 5.65. The number of amides is 1. The standard InChI is InChI=1S/C14H22N2O2/c1-10-7-11(2)14(12(3)8-10)18-6-4-5-16-13(17)9-15/h7-8H,4-6,9,15H2,1-3H3,(H,16,17). The fraction of sp³-hybridized carbons (Fsp3) is 0.500. The number of nitrogens with two attached hydrogens (primary N) is 1. The molecule has 0 fully saturated rings. The molecule has 100 valence electrons. The number of benzene rings is 1.